The van der Waals surface area contributed by atoms with Crippen molar-refractivity contribution < 1.29 is 0 Å². The molecule has 0 aliphatic heterocycles. The summed E-state index contributed by atoms with van der Waals surface area (Å²) in [4.78, 5) is 0. The number of nitrogens with two attached hydrogens (primary N) is 1. The van der Waals surface area contributed by atoms with Gasteiger partial charge in [-0.15, -0.1) is 0 Å². The summed E-state index contributed by atoms with van der Waals surface area (Å²) in [5, 5.41) is 0. The molecule has 0 amide bonds. The molecule has 0 fully saturated rings. The molecule has 2 N–H and O–H groups in total. The Morgan fingerprint density at radius 2 is 2.06 bits per heavy atom. The van der Waals surface area contributed by atoms with Crippen LogP contribution in [0, 0.1) is 13.8 Å². The van der Waals surface area contributed by atoms with E-state index in [4.69, 9.17) is 5.73 Å². The van der Waals surface area contributed by atoms with Crippen LogP contribution >= 0.6 is 0 Å². The van der Waals surface area contributed by atoms with Crippen molar-refractivity contribution in [2.24, 2.45) is 5.73 Å². The number of rotatable bonds is 2. The molecule has 2 rings (SSSR count). The van der Waals surface area contributed by atoms with Gasteiger partial charge in [0.05, 0.1) is 0 Å². The van der Waals surface area contributed by atoms with E-state index in [2.05, 4.69) is 38.1 Å². The zero-order valence-corrected chi connectivity index (χ0v) is 10.3. The van der Waals surface area contributed by atoms with Crippen molar-refractivity contribution in [1.82, 2.24) is 0 Å². The van der Waals surface area contributed by atoms with Crippen molar-refractivity contribution in [2.75, 3.05) is 0 Å². The zero-order chi connectivity index (χ0) is 11.5. The maximum atomic E-state index is 5.89. The molecule has 0 heterocycles. The second-order valence-electron chi connectivity index (χ2n) is 4.99. The van der Waals surface area contributed by atoms with Gasteiger partial charge in [-0.05, 0) is 56.2 Å². The molecular formula is C15H21N. The Labute approximate surface area is 98.4 Å². The molecule has 1 atom stereocenters. The maximum Gasteiger partial charge on any atom is 0.00765 e. The molecule has 0 aromatic heterocycles. The first kappa shape index (κ1) is 11.4. The minimum atomic E-state index is 0.392. The van der Waals surface area contributed by atoms with Crippen molar-refractivity contribution >= 4 is 0 Å². The van der Waals surface area contributed by atoms with Crippen LogP contribution in [-0.2, 0) is 6.42 Å². The molecule has 0 saturated carbocycles. The number of benzene rings is 1. The third-order valence-electron chi connectivity index (χ3n) is 3.55. The summed E-state index contributed by atoms with van der Waals surface area (Å²) in [6, 6.07) is 7.17. The second-order valence-corrected chi connectivity index (χ2v) is 4.99. The summed E-state index contributed by atoms with van der Waals surface area (Å²) in [5.41, 5.74) is 11.7. The van der Waals surface area contributed by atoms with E-state index in [-0.39, 0.29) is 0 Å². The van der Waals surface area contributed by atoms with Crippen LogP contribution in [0.2, 0.25) is 0 Å². The molecule has 1 aromatic rings. The Kier molecular flexibility index (Phi) is 3.45. The molecule has 16 heavy (non-hydrogen) atoms. The third kappa shape index (κ3) is 2.73. The van der Waals surface area contributed by atoms with E-state index in [9.17, 15) is 0 Å². The van der Waals surface area contributed by atoms with Crippen LogP contribution in [0.5, 0.6) is 0 Å². The molecule has 1 aliphatic rings. The molecule has 1 aromatic carbocycles. The van der Waals surface area contributed by atoms with Gasteiger partial charge in [-0.1, -0.05) is 29.8 Å². The standard InChI is InChI=1S/C15H21N/c1-11-3-4-14(9-12(11)2)10-13-5-7-15(16)8-6-13/h3-5,9,15H,6-8,10,16H2,1-2H3. The van der Waals surface area contributed by atoms with Gasteiger partial charge in [-0.2, -0.15) is 0 Å². The Bertz CT molecular complexity index is 404. The van der Waals surface area contributed by atoms with Crippen LogP contribution in [-0.4, -0.2) is 6.04 Å². The molecule has 0 saturated heterocycles. The predicted octanol–water partition coefficient (Wildman–Crippen LogP) is 3.28. The van der Waals surface area contributed by atoms with Gasteiger partial charge in [-0.25, -0.2) is 0 Å². The lowest BCUT2D eigenvalue weighted by Crippen LogP contribution is -2.22. The molecule has 1 unspecified atom stereocenters. The van der Waals surface area contributed by atoms with E-state index < -0.39 is 0 Å². The van der Waals surface area contributed by atoms with Crippen molar-refractivity contribution in [3.05, 3.63) is 46.5 Å². The molecule has 0 spiro atoms. The fourth-order valence-electron chi connectivity index (χ4n) is 2.24. The highest BCUT2D eigenvalue weighted by Gasteiger charge is 2.10. The first-order chi connectivity index (χ1) is 7.65. The minimum Gasteiger partial charge on any atom is -0.327 e. The van der Waals surface area contributed by atoms with E-state index in [0.717, 1.165) is 19.3 Å². The quantitative estimate of drug-likeness (QED) is 0.753. The Hall–Kier alpha value is -1.08. The summed E-state index contributed by atoms with van der Waals surface area (Å²) in [6.07, 6.45) is 6.82. The highest BCUT2D eigenvalue weighted by molar-refractivity contribution is 5.32. The maximum absolute atomic E-state index is 5.89. The highest BCUT2D eigenvalue weighted by atomic mass is 14.6. The smallest absolute Gasteiger partial charge is 0.00765 e. The molecule has 1 heteroatoms. The fraction of sp³-hybridized carbons (Fsp3) is 0.467. The van der Waals surface area contributed by atoms with E-state index in [1.165, 1.54) is 23.1 Å². The van der Waals surface area contributed by atoms with Gasteiger partial charge in [-0.3, -0.25) is 0 Å². The van der Waals surface area contributed by atoms with Crippen molar-refractivity contribution in [3.8, 4) is 0 Å². The predicted molar refractivity (Wildman–Crippen MR) is 69.5 cm³/mol. The molecule has 0 bridgehead atoms. The van der Waals surface area contributed by atoms with E-state index in [0.29, 0.717) is 6.04 Å². The summed E-state index contributed by atoms with van der Waals surface area (Å²) in [7, 11) is 0. The third-order valence-corrected chi connectivity index (χ3v) is 3.55. The van der Waals surface area contributed by atoms with Crippen LogP contribution in [0.4, 0.5) is 0 Å². The average molecular weight is 215 g/mol. The van der Waals surface area contributed by atoms with E-state index in [1.54, 1.807) is 5.57 Å². The van der Waals surface area contributed by atoms with E-state index >= 15 is 0 Å². The van der Waals surface area contributed by atoms with Gasteiger partial charge < -0.3 is 5.73 Å². The molecule has 1 nitrogen and oxygen atoms in total. The van der Waals surface area contributed by atoms with Crippen molar-refractivity contribution in [2.45, 2.75) is 45.6 Å². The SMILES string of the molecule is Cc1ccc(CC2=CCC(N)CC2)cc1C. The number of aryl methyl sites for hydroxylation is 2. The lowest BCUT2D eigenvalue weighted by Gasteiger charge is -2.18. The largest absolute Gasteiger partial charge is 0.327 e. The van der Waals surface area contributed by atoms with Crippen LogP contribution in [0.1, 0.15) is 36.0 Å². The number of hydrogen-bond donors (Lipinski definition) is 1. The Morgan fingerprint density at radius 3 is 2.69 bits per heavy atom. The van der Waals surface area contributed by atoms with E-state index in [1.807, 2.05) is 0 Å². The molecule has 1 aliphatic carbocycles. The normalized spacial score (nSPS) is 20.7. The van der Waals surface area contributed by atoms with Crippen molar-refractivity contribution in [1.29, 1.82) is 0 Å². The monoisotopic (exact) mass is 215 g/mol. The van der Waals surface area contributed by atoms with Crippen LogP contribution in [0.25, 0.3) is 0 Å². The molecule has 0 radical (unpaired) electrons. The zero-order valence-electron chi connectivity index (χ0n) is 10.3. The lowest BCUT2D eigenvalue weighted by atomic mass is 9.91. The average Bonchev–Trinajstić information content (AvgIpc) is 2.27. The number of hydrogen-bond acceptors (Lipinski definition) is 1. The summed E-state index contributed by atoms with van der Waals surface area (Å²) >= 11 is 0. The Morgan fingerprint density at radius 1 is 1.25 bits per heavy atom. The van der Waals surface area contributed by atoms with Gasteiger partial charge in [0.25, 0.3) is 0 Å². The van der Waals surface area contributed by atoms with Gasteiger partial charge in [0.15, 0.2) is 0 Å². The van der Waals surface area contributed by atoms with Gasteiger partial charge in [0.2, 0.25) is 0 Å². The Balaban J connectivity index is 2.06. The fourth-order valence-corrected chi connectivity index (χ4v) is 2.24. The topological polar surface area (TPSA) is 26.0 Å². The van der Waals surface area contributed by atoms with Crippen LogP contribution in [0.3, 0.4) is 0 Å². The van der Waals surface area contributed by atoms with Crippen molar-refractivity contribution in [3.63, 3.8) is 0 Å². The summed E-state index contributed by atoms with van der Waals surface area (Å²) in [5.74, 6) is 0. The van der Waals surface area contributed by atoms with Gasteiger partial charge >= 0.3 is 0 Å². The van der Waals surface area contributed by atoms with Gasteiger partial charge in [0, 0.05) is 6.04 Å². The second kappa shape index (κ2) is 4.84. The summed E-state index contributed by atoms with van der Waals surface area (Å²) < 4.78 is 0. The first-order valence-corrected chi connectivity index (χ1v) is 6.15. The molecular weight excluding hydrogens is 194 g/mol. The van der Waals surface area contributed by atoms with Crippen LogP contribution in [0.15, 0.2) is 29.8 Å². The minimum absolute atomic E-state index is 0.392. The first-order valence-electron chi connectivity index (χ1n) is 6.15. The molecule has 86 valence electrons. The van der Waals surface area contributed by atoms with Gasteiger partial charge in [0.1, 0.15) is 0 Å². The highest BCUT2D eigenvalue weighted by Crippen LogP contribution is 2.21. The summed E-state index contributed by atoms with van der Waals surface area (Å²) in [6.45, 7) is 4.35. The lowest BCUT2D eigenvalue weighted by molar-refractivity contribution is 0.583. The number of allylic oxidation sites excluding steroid dienone is 1. The van der Waals surface area contributed by atoms with Crippen LogP contribution < -0.4 is 5.73 Å².